The van der Waals surface area contributed by atoms with Crippen molar-refractivity contribution < 1.29 is 9.62 Å². The van der Waals surface area contributed by atoms with E-state index >= 15 is 0 Å². The monoisotopic (exact) mass is 342 g/mol. The smallest absolute Gasteiger partial charge is 0.218 e. The van der Waals surface area contributed by atoms with E-state index in [2.05, 4.69) is 35.7 Å². The SMILES string of the molecule is CC(C)(C)c1cnc(C=Cc2cnc(N=c3ccccn3O)s2)o1. The highest BCUT2D eigenvalue weighted by atomic mass is 32.1. The molecule has 0 bridgehead atoms. The van der Waals surface area contributed by atoms with Crippen LogP contribution in [-0.4, -0.2) is 19.9 Å². The predicted molar refractivity (Wildman–Crippen MR) is 93.1 cm³/mol. The first-order valence-electron chi connectivity index (χ1n) is 7.44. The summed E-state index contributed by atoms with van der Waals surface area (Å²) in [7, 11) is 0. The van der Waals surface area contributed by atoms with Gasteiger partial charge < -0.3 is 9.62 Å². The number of thiazole rings is 1. The highest BCUT2D eigenvalue weighted by Crippen LogP contribution is 2.25. The van der Waals surface area contributed by atoms with Gasteiger partial charge in [-0.1, -0.05) is 38.2 Å². The predicted octanol–water partition coefficient (Wildman–Crippen LogP) is 3.87. The largest absolute Gasteiger partial charge is 0.441 e. The molecule has 0 saturated carbocycles. The third-order valence-corrected chi connectivity index (χ3v) is 4.05. The molecule has 0 aromatic carbocycles. The van der Waals surface area contributed by atoms with E-state index in [0.29, 0.717) is 16.5 Å². The zero-order valence-electron chi connectivity index (χ0n) is 13.7. The van der Waals surface area contributed by atoms with E-state index in [0.717, 1.165) is 15.4 Å². The Labute approximate surface area is 143 Å². The number of nitrogens with zero attached hydrogens (tertiary/aromatic N) is 4. The van der Waals surface area contributed by atoms with Gasteiger partial charge in [-0.25, -0.2) is 9.97 Å². The van der Waals surface area contributed by atoms with Crippen molar-refractivity contribution >= 4 is 28.6 Å². The number of hydrogen-bond acceptors (Lipinski definition) is 6. The first kappa shape index (κ1) is 16.2. The van der Waals surface area contributed by atoms with Gasteiger partial charge in [0.15, 0.2) is 5.49 Å². The Hall–Kier alpha value is -2.67. The summed E-state index contributed by atoms with van der Waals surface area (Å²) in [6, 6.07) is 5.23. The van der Waals surface area contributed by atoms with Crippen LogP contribution in [0.25, 0.3) is 12.2 Å². The van der Waals surface area contributed by atoms with Crippen molar-refractivity contribution in [3.05, 3.63) is 58.8 Å². The molecule has 0 amide bonds. The van der Waals surface area contributed by atoms with Crippen LogP contribution in [0.3, 0.4) is 0 Å². The molecule has 6 nitrogen and oxygen atoms in total. The Morgan fingerprint density at radius 3 is 2.75 bits per heavy atom. The molecule has 0 aliphatic rings. The van der Waals surface area contributed by atoms with Gasteiger partial charge in [-0.05, 0) is 18.2 Å². The second kappa shape index (κ2) is 6.45. The molecule has 0 atom stereocenters. The lowest BCUT2D eigenvalue weighted by atomic mass is 9.94. The summed E-state index contributed by atoms with van der Waals surface area (Å²) in [4.78, 5) is 13.7. The highest BCUT2D eigenvalue weighted by Gasteiger charge is 2.18. The standard InChI is InChI=1S/C17H18N4O2S/c1-17(2,3)13-11-18-15(23-13)8-7-12-10-19-16(24-12)20-14-6-4-5-9-21(14)22/h4-11,22H,1-3H3. The van der Waals surface area contributed by atoms with Crippen LogP contribution in [-0.2, 0) is 5.41 Å². The topological polar surface area (TPSA) is 76.4 Å². The van der Waals surface area contributed by atoms with E-state index in [1.807, 2.05) is 6.08 Å². The van der Waals surface area contributed by atoms with Crippen LogP contribution in [0.1, 0.15) is 37.3 Å². The summed E-state index contributed by atoms with van der Waals surface area (Å²) in [6.45, 7) is 6.24. The molecule has 3 rings (SSSR count). The quantitative estimate of drug-likeness (QED) is 0.733. The molecule has 1 N–H and O–H groups in total. The second-order valence-corrected chi connectivity index (χ2v) is 7.25. The Kier molecular flexibility index (Phi) is 4.35. The van der Waals surface area contributed by atoms with Crippen LogP contribution in [0, 0.1) is 0 Å². The van der Waals surface area contributed by atoms with Gasteiger partial charge in [-0.15, -0.1) is 0 Å². The molecular weight excluding hydrogens is 324 g/mol. The minimum absolute atomic E-state index is 0.0645. The van der Waals surface area contributed by atoms with Crippen molar-refractivity contribution in [2.45, 2.75) is 26.2 Å². The lowest BCUT2D eigenvalue weighted by Crippen LogP contribution is -2.16. The minimum Gasteiger partial charge on any atom is -0.441 e. The van der Waals surface area contributed by atoms with Gasteiger partial charge in [0, 0.05) is 28.8 Å². The molecule has 0 aliphatic carbocycles. The number of rotatable bonds is 3. The average Bonchev–Trinajstić information content (AvgIpc) is 3.16. The fourth-order valence-electron chi connectivity index (χ4n) is 1.88. The molecule has 0 saturated heterocycles. The summed E-state index contributed by atoms with van der Waals surface area (Å²) in [5.41, 5.74) is 0.357. The normalized spacial score (nSPS) is 13.0. The zero-order valence-corrected chi connectivity index (χ0v) is 14.5. The van der Waals surface area contributed by atoms with E-state index in [-0.39, 0.29) is 5.41 Å². The van der Waals surface area contributed by atoms with Gasteiger partial charge in [0.2, 0.25) is 11.0 Å². The van der Waals surface area contributed by atoms with Gasteiger partial charge in [0.05, 0.1) is 6.20 Å². The molecule has 3 aromatic rings. The Bertz CT molecular complexity index is 928. The number of pyridine rings is 1. The lowest BCUT2D eigenvalue weighted by Gasteiger charge is -2.12. The van der Waals surface area contributed by atoms with Gasteiger partial charge >= 0.3 is 0 Å². The minimum atomic E-state index is -0.0645. The van der Waals surface area contributed by atoms with E-state index in [9.17, 15) is 5.21 Å². The Balaban J connectivity index is 1.78. The van der Waals surface area contributed by atoms with E-state index in [1.165, 1.54) is 17.5 Å². The van der Waals surface area contributed by atoms with Crippen LogP contribution in [0.4, 0.5) is 5.13 Å². The summed E-state index contributed by atoms with van der Waals surface area (Å²) >= 11 is 1.41. The molecule has 3 heterocycles. The van der Waals surface area contributed by atoms with Crippen molar-refractivity contribution in [2.24, 2.45) is 4.99 Å². The summed E-state index contributed by atoms with van der Waals surface area (Å²) in [5.74, 6) is 1.40. The third-order valence-electron chi connectivity index (χ3n) is 3.19. The second-order valence-electron chi connectivity index (χ2n) is 6.21. The average molecular weight is 342 g/mol. The molecular formula is C17H18N4O2S. The number of oxazole rings is 1. The van der Waals surface area contributed by atoms with Gasteiger partial charge in [0.25, 0.3) is 0 Å². The van der Waals surface area contributed by atoms with Crippen molar-refractivity contribution in [1.82, 2.24) is 14.7 Å². The molecule has 0 fully saturated rings. The molecule has 0 spiro atoms. The summed E-state index contributed by atoms with van der Waals surface area (Å²) in [6.07, 6.45) is 8.68. The van der Waals surface area contributed by atoms with Crippen LogP contribution < -0.4 is 5.49 Å². The molecule has 24 heavy (non-hydrogen) atoms. The Morgan fingerprint density at radius 2 is 2.04 bits per heavy atom. The van der Waals surface area contributed by atoms with Crippen LogP contribution in [0.2, 0.25) is 0 Å². The van der Waals surface area contributed by atoms with E-state index in [1.54, 1.807) is 36.7 Å². The number of hydrogen-bond donors (Lipinski definition) is 1. The number of aromatic nitrogens is 3. The van der Waals surface area contributed by atoms with E-state index in [4.69, 9.17) is 4.42 Å². The van der Waals surface area contributed by atoms with Crippen molar-refractivity contribution in [3.63, 3.8) is 0 Å². The molecule has 0 unspecified atom stereocenters. The molecule has 0 aliphatic heterocycles. The van der Waals surface area contributed by atoms with Crippen molar-refractivity contribution in [1.29, 1.82) is 0 Å². The fraction of sp³-hybridized carbons (Fsp3) is 0.235. The van der Waals surface area contributed by atoms with Crippen molar-refractivity contribution in [3.8, 4) is 0 Å². The Morgan fingerprint density at radius 1 is 1.21 bits per heavy atom. The maximum absolute atomic E-state index is 9.66. The zero-order chi connectivity index (χ0) is 17.2. The fourth-order valence-corrected chi connectivity index (χ4v) is 2.58. The van der Waals surface area contributed by atoms with Gasteiger partial charge in [-0.2, -0.15) is 9.72 Å². The first-order valence-corrected chi connectivity index (χ1v) is 8.25. The molecule has 3 aromatic heterocycles. The maximum Gasteiger partial charge on any atom is 0.218 e. The van der Waals surface area contributed by atoms with Crippen LogP contribution >= 0.6 is 11.3 Å². The molecule has 0 radical (unpaired) electrons. The highest BCUT2D eigenvalue weighted by molar-refractivity contribution is 7.16. The van der Waals surface area contributed by atoms with Crippen LogP contribution in [0.5, 0.6) is 0 Å². The van der Waals surface area contributed by atoms with E-state index < -0.39 is 0 Å². The third kappa shape index (κ3) is 3.80. The summed E-state index contributed by atoms with van der Waals surface area (Å²) < 4.78 is 6.67. The molecule has 124 valence electrons. The maximum atomic E-state index is 9.66. The van der Waals surface area contributed by atoms with Gasteiger partial charge in [0.1, 0.15) is 5.76 Å². The first-order chi connectivity index (χ1) is 11.4. The van der Waals surface area contributed by atoms with Crippen molar-refractivity contribution in [2.75, 3.05) is 0 Å². The lowest BCUT2D eigenvalue weighted by molar-refractivity contribution is 0.172. The van der Waals surface area contributed by atoms with Gasteiger partial charge in [-0.3, -0.25) is 0 Å². The summed E-state index contributed by atoms with van der Waals surface area (Å²) in [5, 5.41) is 10.2. The molecule has 7 heteroatoms. The van der Waals surface area contributed by atoms with Crippen LogP contribution in [0.15, 0.2) is 46.2 Å².